The summed E-state index contributed by atoms with van der Waals surface area (Å²) >= 11 is 0. The summed E-state index contributed by atoms with van der Waals surface area (Å²) in [6.07, 6.45) is 1.87. The highest BCUT2D eigenvalue weighted by Gasteiger charge is 2.31. The molecule has 0 aliphatic rings. The van der Waals surface area contributed by atoms with Gasteiger partial charge < -0.3 is 5.73 Å². The molecule has 1 atom stereocenters. The maximum Gasteiger partial charge on any atom is 0.123 e. The second-order valence-electron chi connectivity index (χ2n) is 5.79. The third kappa shape index (κ3) is 4.29. The Bertz CT molecular complexity index is 392. The molecule has 0 aliphatic carbocycles. The summed E-state index contributed by atoms with van der Waals surface area (Å²) in [5.74, 6) is -0.177. The first kappa shape index (κ1) is 16.1. The molecule has 0 aromatic heterocycles. The number of benzene rings is 1. The van der Waals surface area contributed by atoms with E-state index in [1.165, 1.54) is 6.07 Å². The van der Waals surface area contributed by atoms with Crippen molar-refractivity contribution in [2.24, 2.45) is 5.73 Å². The van der Waals surface area contributed by atoms with E-state index < -0.39 is 0 Å². The molecule has 0 heterocycles. The van der Waals surface area contributed by atoms with Gasteiger partial charge in [0.25, 0.3) is 0 Å². The molecule has 2 N–H and O–H groups in total. The summed E-state index contributed by atoms with van der Waals surface area (Å²) in [5, 5.41) is 0. The van der Waals surface area contributed by atoms with Gasteiger partial charge in [0, 0.05) is 18.1 Å². The van der Waals surface area contributed by atoms with Crippen LogP contribution in [0.1, 0.15) is 39.7 Å². The smallest absolute Gasteiger partial charge is 0.123 e. The van der Waals surface area contributed by atoms with Gasteiger partial charge in [-0.25, -0.2) is 4.39 Å². The fraction of sp³-hybridized carbons (Fsp3) is 0.625. The monoisotopic (exact) mass is 266 g/mol. The van der Waals surface area contributed by atoms with E-state index in [2.05, 4.69) is 32.6 Å². The van der Waals surface area contributed by atoms with Gasteiger partial charge in [0.2, 0.25) is 0 Å². The van der Waals surface area contributed by atoms with E-state index in [-0.39, 0.29) is 11.4 Å². The van der Waals surface area contributed by atoms with Crippen LogP contribution in [0.3, 0.4) is 0 Å². The van der Waals surface area contributed by atoms with Crippen molar-refractivity contribution < 1.29 is 4.39 Å². The predicted molar refractivity (Wildman–Crippen MR) is 79.7 cm³/mol. The Kier molecular flexibility index (Phi) is 5.95. The van der Waals surface area contributed by atoms with Crippen molar-refractivity contribution >= 4 is 0 Å². The molecular weight excluding hydrogens is 239 g/mol. The molecule has 108 valence electrons. The lowest BCUT2D eigenvalue weighted by Crippen LogP contribution is -2.56. The highest BCUT2D eigenvalue weighted by molar-refractivity contribution is 5.19. The lowest BCUT2D eigenvalue weighted by atomic mass is 9.89. The maximum absolute atomic E-state index is 13.3. The van der Waals surface area contributed by atoms with Crippen LogP contribution in [0.4, 0.5) is 4.39 Å². The number of nitrogens with zero attached hydrogens (tertiary/aromatic N) is 1. The third-order valence-electron chi connectivity index (χ3n) is 3.69. The van der Waals surface area contributed by atoms with E-state index >= 15 is 0 Å². The SMILES string of the molecule is CCCN(C(C)C)C(C)(CN)Cc1cccc(F)c1. The van der Waals surface area contributed by atoms with Gasteiger partial charge in [-0.15, -0.1) is 0 Å². The van der Waals surface area contributed by atoms with Gasteiger partial charge >= 0.3 is 0 Å². The van der Waals surface area contributed by atoms with Gasteiger partial charge in [-0.3, -0.25) is 4.90 Å². The van der Waals surface area contributed by atoms with Crippen molar-refractivity contribution in [2.75, 3.05) is 13.1 Å². The molecule has 0 aliphatic heterocycles. The second kappa shape index (κ2) is 7.01. The molecule has 1 unspecified atom stereocenters. The van der Waals surface area contributed by atoms with Crippen LogP contribution in [0.25, 0.3) is 0 Å². The zero-order valence-corrected chi connectivity index (χ0v) is 12.6. The van der Waals surface area contributed by atoms with Gasteiger partial charge in [0.05, 0.1) is 0 Å². The Morgan fingerprint density at radius 3 is 2.53 bits per heavy atom. The zero-order valence-electron chi connectivity index (χ0n) is 12.6. The second-order valence-corrected chi connectivity index (χ2v) is 5.79. The number of halogens is 1. The maximum atomic E-state index is 13.3. The van der Waals surface area contributed by atoms with Gasteiger partial charge in [-0.05, 0) is 57.9 Å². The molecule has 0 spiro atoms. The van der Waals surface area contributed by atoms with E-state index in [0.29, 0.717) is 12.6 Å². The molecule has 0 radical (unpaired) electrons. The van der Waals surface area contributed by atoms with Crippen molar-refractivity contribution in [1.29, 1.82) is 0 Å². The van der Waals surface area contributed by atoms with Crippen molar-refractivity contribution in [2.45, 2.75) is 52.1 Å². The van der Waals surface area contributed by atoms with Crippen LogP contribution < -0.4 is 5.73 Å². The highest BCUT2D eigenvalue weighted by atomic mass is 19.1. The van der Waals surface area contributed by atoms with Crippen LogP contribution in [0, 0.1) is 5.82 Å². The van der Waals surface area contributed by atoms with Crippen LogP contribution in [0.5, 0.6) is 0 Å². The van der Waals surface area contributed by atoms with E-state index in [9.17, 15) is 4.39 Å². The largest absolute Gasteiger partial charge is 0.329 e. The number of hydrogen-bond acceptors (Lipinski definition) is 2. The third-order valence-corrected chi connectivity index (χ3v) is 3.69. The summed E-state index contributed by atoms with van der Waals surface area (Å²) in [5.41, 5.74) is 6.91. The Labute approximate surface area is 116 Å². The summed E-state index contributed by atoms with van der Waals surface area (Å²) in [6, 6.07) is 7.26. The fourth-order valence-electron chi connectivity index (χ4n) is 2.77. The molecular formula is C16H27FN2. The number of hydrogen-bond donors (Lipinski definition) is 1. The summed E-state index contributed by atoms with van der Waals surface area (Å²) < 4.78 is 13.3. The quantitative estimate of drug-likeness (QED) is 0.821. The van der Waals surface area contributed by atoms with Gasteiger partial charge in [-0.2, -0.15) is 0 Å². The van der Waals surface area contributed by atoms with Crippen molar-refractivity contribution in [3.63, 3.8) is 0 Å². The molecule has 1 aromatic carbocycles. The minimum Gasteiger partial charge on any atom is -0.329 e. The van der Waals surface area contributed by atoms with E-state index in [1.54, 1.807) is 12.1 Å². The summed E-state index contributed by atoms with van der Waals surface area (Å²) in [4.78, 5) is 2.43. The zero-order chi connectivity index (χ0) is 14.5. The van der Waals surface area contributed by atoms with Crippen molar-refractivity contribution in [1.82, 2.24) is 4.90 Å². The first-order valence-electron chi connectivity index (χ1n) is 7.14. The van der Waals surface area contributed by atoms with E-state index in [0.717, 1.165) is 24.9 Å². The predicted octanol–water partition coefficient (Wildman–Crippen LogP) is 3.21. The van der Waals surface area contributed by atoms with Crippen LogP contribution in [-0.4, -0.2) is 29.6 Å². The molecule has 0 amide bonds. The molecule has 0 saturated heterocycles. The Morgan fingerprint density at radius 1 is 1.37 bits per heavy atom. The topological polar surface area (TPSA) is 29.3 Å². The van der Waals surface area contributed by atoms with Crippen molar-refractivity contribution in [3.05, 3.63) is 35.6 Å². The Balaban J connectivity index is 2.95. The first-order valence-corrected chi connectivity index (χ1v) is 7.14. The minimum atomic E-state index is -0.177. The Morgan fingerprint density at radius 2 is 2.05 bits per heavy atom. The lowest BCUT2D eigenvalue weighted by Gasteiger charge is -2.43. The van der Waals surface area contributed by atoms with Crippen LogP contribution >= 0.6 is 0 Å². The van der Waals surface area contributed by atoms with Crippen LogP contribution in [0.15, 0.2) is 24.3 Å². The standard InChI is InChI=1S/C16H27FN2/c1-5-9-19(13(2)3)16(4,12-18)11-14-7-6-8-15(17)10-14/h6-8,10,13H,5,9,11-12,18H2,1-4H3. The summed E-state index contributed by atoms with van der Waals surface area (Å²) in [6.45, 7) is 10.3. The number of nitrogens with two attached hydrogens (primary N) is 1. The average molecular weight is 266 g/mol. The molecule has 1 rings (SSSR count). The molecule has 3 heteroatoms. The highest BCUT2D eigenvalue weighted by Crippen LogP contribution is 2.23. The van der Waals surface area contributed by atoms with E-state index in [1.807, 2.05) is 6.07 Å². The molecule has 2 nitrogen and oxygen atoms in total. The lowest BCUT2D eigenvalue weighted by molar-refractivity contribution is 0.0757. The first-order chi connectivity index (χ1) is 8.92. The van der Waals surface area contributed by atoms with Gasteiger partial charge in [0.1, 0.15) is 5.82 Å². The Hall–Kier alpha value is -0.930. The molecule has 0 fully saturated rings. The summed E-state index contributed by atoms with van der Waals surface area (Å²) in [7, 11) is 0. The van der Waals surface area contributed by atoms with Crippen LogP contribution in [0.2, 0.25) is 0 Å². The molecule has 0 saturated carbocycles. The molecule has 19 heavy (non-hydrogen) atoms. The van der Waals surface area contributed by atoms with Crippen molar-refractivity contribution in [3.8, 4) is 0 Å². The normalized spacial score (nSPS) is 14.9. The van der Waals surface area contributed by atoms with Gasteiger partial charge in [0.15, 0.2) is 0 Å². The molecule has 0 bridgehead atoms. The fourth-order valence-corrected chi connectivity index (χ4v) is 2.77. The molecule has 1 aromatic rings. The van der Waals surface area contributed by atoms with Crippen LogP contribution in [-0.2, 0) is 6.42 Å². The average Bonchev–Trinajstić information content (AvgIpc) is 2.35. The number of rotatable bonds is 7. The van der Waals surface area contributed by atoms with Gasteiger partial charge in [-0.1, -0.05) is 19.1 Å². The van der Waals surface area contributed by atoms with E-state index in [4.69, 9.17) is 5.73 Å². The minimum absolute atomic E-state index is 0.127.